The predicted octanol–water partition coefficient (Wildman–Crippen LogP) is 1.25. The highest BCUT2D eigenvalue weighted by Crippen LogP contribution is 2.12. The number of benzene rings is 1. The number of nitrogens with one attached hydrogen (secondary N) is 2. The largest absolute Gasteiger partial charge is 0.376 e. The SMILES string of the molecule is NC(=S)Nc1ccc(C(=O)NCC2CCCO2)cc1. The van der Waals surface area contributed by atoms with E-state index in [2.05, 4.69) is 10.6 Å². The zero-order chi connectivity index (χ0) is 13.7. The number of anilines is 1. The third kappa shape index (κ3) is 4.18. The van der Waals surface area contributed by atoms with Gasteiger partial charge in [0, 0.05) is 24.4 Å². The van der Waals surface area contributed by atoms with Crippen LogP contribution in [0.15, 0.2) is 24.3 Å². The molecule has 2 rings (SSSR count). The lowest BCUT2D eigenvalue weighted by Crippen LogP contribution is -2.31. The lowest BCUT2D eigenvalue weighted by molar-refractivity contribution is 0.0858. The van der Waals surface area contributed by atoms with E-state index in [4.69, 9.17) is 22.7 Å². The zero-order valence-corrected chi connectivity index (χ0v) is 11.3. The Kier molecular flexibility index (Phi) is 4.70. The Morgan fingerprint density at radius 1 is 1.42 bits per heavy atom. The molecule has 1 aliphatic rings. The monoisotopic (exact) mass is 279 g/mol. The number of carbonyl (C=O) groups is 1. The van der Waals surface area contributed by atoms with Gasteiger partial charge in [-0.05, 0) is 49.3 Å². The van der Waals surface area contributed by atoms with Crippen molar-refractivity contribution in [3.05, 3.63) is 29.8 Å². The van der Waals surface area contributed by atoms with Gasteiger partial charge >= 0.3 is 0 Å². The van der Waals surface area contributed by atoms with E-state index < -0.39 is 0 Å². The van der Waals surface area contributed by atoms with E-state index in [0.29, 0.717) is 12.1 Å². The van der Waals surface area contributed by atoms with E-state index in [1.807, 2.05) is 0 Å². The molecule has 1 aromatic carbocycles. The molecule has 0 radical (unpaired) electrons. The molecule has 0 aromatic heterocycles. The van der Waals surface area contributed by atoms with Crippen LogP contribution in [0, 0.1) is 0 Å². The summed E-state index contributed by atoms with van der Waals surface area (Å²) in [6, 6.07) is 6.98. The summed E-state index contributed by atoms with van der Waals surface area (Å²) >= 11 is 4.74. The van der Waals surface area contributed by atoms with Crippen molar-refractivity contribution in [1.82, 2.24) is 5.32 Å². The fraction of sp³-hybridized carbons (Fsp3) is 0.385. The van der Waals surface area contributed by atoms with Gasteiger partial charge in [-0.25, -0.2) is 0 Å². The van der Waals surface area contributed by atoms with Crippen molar-refractivity contribution < 1.29 is 9.53 Å². The van der Waals surface area contributed by atoms with Crippen molar-refractivity contribution in [3.8, 4) is 0 Å². The summed E-state index contributed by atoms with van der Waals surface area (Å²) in [5, 5.41) is 5.88. The number of ether oxygens (including phenoxy) is 1. The highest BCUT2D eigenvalue weighted by Gasteiger charge is 2.16. The Balaban J connectivity index is 1.86. The minimum Gasteiger partial charge on any atom is -0.376 e. The molecular formula is C13H17N3O2S. The van der Waals surface area contributed by atoms with Crippen LogP contribution in [0.1, 0.15) is 23.2 Å². The highest BCUT2D eigenvalue weighted by atomic mass is 32.1. The second-order valence-electron chi connectivity index (χ2n) is 4.41. The van der Waals surface area contributed by atoms with Crippen molar-refractivity contribution in [2.24, 2.45) is 5.73 Å². The average Bonchev–Trinajstić information content (AvgIpc) is 2.89. The lowest BCUT2D eigenvalue weighted by atomic mass is 10.2. The second kappa shape index (κ2) is 6.49. The summed E-state index contributed by atoms with van der Waals surface area (Å²) in [7, 11) is 0. The van der Waals surface area contributed by atoms with Gasteiger partial charge in [0.05, 0.1) is 6.10 Å². The minimum atomic E-state index is -0.0997. The molecule has 4 N–H and O–H groups in total. The van der Waals surface area contributed by atoms with Gasteiger partial charge < -0.3 is 21.1 Å². The van der Waals surface area contributed by atoms with Crippen molar-refractivity contribution in [3.63, 3.8) is 0 Å². The number of rotatable bonds is 4. The van der Waals surface area contributed by atoms with Gasteiger partial charge in [-0.3, -0.25) is 4.79 Å². The van der Waals surface area contributed by atoms with Crippen LogP contribution < -0.4 is 16.4 Å². The summed E-state index contributed by atoms with van der Waals surface area (Å²) in [6.45, 7) is 1.35. The third-order valence-electron chi connectivity index (χ3n) is 2.93. The fourth-order valence-electron chi connectivity index (χ4n) is 1.96. The maximum absolute atomic E-state index is 11.9. The predicted molar refractivity (Wildman–Crippen MR) is 78.2 cm³/mol. The molecule has 19 heavy (non-hydrogen) atoms. The fourth-order valence-corrected chi connectivity index (χ4v) is 2.08. The molecule has 1 fully saturated rings. The molecule has 1 heterocycles. The van der Waals surface area contributed by atoms with Gasteiger partial charge in [0.1, 0.15) is 0 Å². The van der Waals surface area contributed by atoms with Crippen molar-refractivity contribution in [2.45, 2.75) is 18.9 Å². The number of hydrogen-bond acceptors (Lipinski definition) is 3. The van der Waals surface area contributed by atoms with Gasteiger partial charge in [0.25, 0.3) is 5.91 Å². The van der Waals surface area contributed by atoms with E-state index in [9.17, 15) is 4.79 Å². The molecule has 102 valence electrons. The summed E-state index contributed by atoms with van der Waals surface area (Å²) in [5.74, 6) is -0.0997. The number of thiocarbonyl (C=S) groups is 1. The molecular weight excluding hydrogens is 262 g/mol. The number of hydrogen-bond donors (Lipinski definition) is 3. The van der Waals surface area contributed by atoms with E-state index >= 15 is 0 Å². The highest BCUT2D eigenvalue weighted by molar-refractivity contribution is 7.80. The van der Waals surface area contributed by atoms with Crippen LogP contribution >= 0.6 is 12.2 Å². The number of amides is 1. The smallest absolute Gasteiger partial charge is 0.251 e. The molecule has 1 amide bonds. The maximum atomic E-state index is 11.9. The van der Waals surface area contributed by atoms with Crippen LogP contribution in [0.5, 0.6) is 0 Å². The van der Waals surface area contributed by atoms with Crippen LogP contribution in [0.25, 0.3) is 0 Å². The Bertz CT molecular complexity index is 455. The number of nitrogens with two attached hydrogens (primary N) is 1. The number of carbonyl (C=O) groups excluding carboxylic acids is 1. The molecule has 0 spiro atoms. The Morgan fingerprint density at radius 3 is 2.74 bits per heavy atom. The quantitative estimate of drug-likeness (QED) is 0.723. The Morgan fingerprint density at radius 2 is 2.16 bits per heavy atom. The third-order valence-corrected chi connectivity index (χ3v) is 3.03. The van der Waals surface area contributed by atoms with E-state index in [1.165, 1.54) is 0 Å². The van der Waals surface area contributed by atoms with E-state index in [0.717, 1.165) is 25.1 Å². The van der Waals surface area contributed by atoms with Crippen molar-refractivity contribution >= 4 is 28.9 Å². The van der Waals surface area contributed by atoms with E-state index in [1.54, 1.807) is 24.3 Å². The topological polar surface area (TPSA) is 76.4 Å². The summed E-state index contributed by atoms with van der Waals surface area (Å²) in [6.07, 6.45) is 2.23. The molecule has 0 saturated carbocycles. The lowest BCUT2D eigenvalue weighted by Gasteiger charge is -2.11. The standard InChI is InChI=1S/C13H17N3O2S/c14-13(19)16-10-5-3-9(4-6-10)12(17)15-8-11-2-1-7-18-11/h3-6,11H,1-2,7-8H2,(H,15,17)(H3,14,16,19). The molecule has 1 atom stereocenters. The molecule has 1 unspecified atom stereocenters. The molecule has 1 saturated heterocycles. The summed E-state index contributed by atoms with van der Waals surface area (Å²) in [4.78, 5) is 11.9. The molecule has 5 nitrogen and oxygen atoms in total. The minimum absolute atomic E-state index is 0.0997. The Labute approximate surface area is 117 Å². The van der Waals surface area contributed by atoms with Crippen LogP contribution in [0.4, 0.5) is 5.69 Å². The second-order valence-corrected chi connectivity index (χ2v) is 4.85. The van der Waals surface area contributed by atoms with Crippen LogP contribution in [-0.2, 0) is 4.74 Å². The first-order valence-corrected chi connectivity index (χ1v) is 6.62. The zero-order valence-electron chi connectivity index (χ0n) is 10.5. The summed E-state index contributed by atoms with van der Waals surface area (Å²) in [5.41, 5.74) is 6.74. The van der Waals surface area contributed by atoms with Gasteiger partial charge in [-0.2, -0.15) is 0 Å². The first-order valence-electron chi connectivity index (χ1n) is 6.21. The summed E-state index contributed by atoms with van der Waals surface area (Å²) < 4.78 is 5.45. The van der Waals surface area contributed by atoms with Crippen molar-refractivity contribution in [1.29, 1.82) is 0 Å². The van der Waals surface area contributed by atoms with Crippen LogP contribution in [0.2, 0.25) is 0 Å². The first-order chi connectivity index (χ1) is 9.15. The maximum Gasteiger partial charge on any atom is 0.251 e. The van der Waals surface area contributed by atoms with Crippen molar-refractivity contribution in [2.75, 3.05) is 18.5 Å². The van der Waals surface area contributed by atoms with Crippen LogP contribution in [0.3, 0.4) is 0 Å². The van der Waals surface area contributed by atoms with Gasteiger partial charge in [0.15, 0.2) is 5.11 Å². The average molecular weight is 279 g/mol. The van der Waals surface area contributed by atoms with Gasteiger partial charge in [0.2, 0.25) is 0 Å². The normalized spacial score (nSPS) is 18.0. The molecule has 6 heteroatoms. The first kappa shape index (κ1) is 13.8. The van der Waals surface area contributed by atoms with Crippen LogP contribution in [-0.4, -0.2) is 30.3 Å². The van der Waals surface area contributed by atoms with Gasteiger partial charge in [-0.1, -0.05) is 0 Å². The molecule has 0 aliphatic carbocycles. The van der Waals surface area contributed by atoms with E-state index in [-0.39, 0.29) is 17.1 Å². The molecule has 0 bridgehead atoms. The molecule has 1 aromatic rings. The van der Waals surface area contributed by atoms with Gasteiger partial charge in [-0.15, -0.1) is 0 Å². The Hall–Kier alpha value is -1.66. The molecule has 1 aliphatic heterocycles.